The average Bonchev–Trinajstić information content (AvgIpc) is 3.32. The predicted octanol–water partition coefficient (Wildman–Crippen LogP) is 5.42. The molecule has 0 bridgehead atoms. The molecule has 0 radical (unpaired) electrons. The molecule has 0 saturated heterocycles. The summed E-state index contributed by atoms with van der Waals surface area (Å²) in [6.45, 7) is 19.9. The Morgan fingerprint density at radius 2 is 1.30 bits per heavy atom. The zero-order valence-electron chi connectivity index (χ0n) is 17.9. The van der Waals surface area contributed by atoms with Crippen molar-refractivity contribution in [2.45, 2.75) is 99.1 Å². The van der Waals surface area contributed by atoms with Gasteiger partial charge in [0.25, 0.3) is 0 Å². The van der Waals surface area contributed by atoms with Gasteiger partial charge in [0.2, 0.25) is 0 Å². The molecular formula is C21H34N4S2. The van der Waals surface area contributed by atoms with E-state index >= 15 is 0 Å². The zero-order valence-corrected chi connectivity index (χ0v) is 19.5. The molecule has 2 aliphatic rings. The molecule has 2 aromatic heterocycles. The lowest BCUT2D eigenvalue weighted by molar-refractivity contribution is 0.226. The fourth-order valence-corrected chi connectivity index (χ4v) is 5.47. The molecular weight excluding hydrogens is 372 g/mol. The van der Waals surface area contributed by atoms with Crippen LogP contribution in [0.3, 0.4) is 0 Å². The second-order valence-electron chi connectivity index (χ2n) is 8.41. The van der Waals surface area contributed by atoms with Gasteiger partial charge in [0, 0.05) is 53.9 Å². The molecule has 0 amide bonds. The SMILES string of the molecule is CC(C)c1nc2c(s1)CN(C(C)C)C2.CCc1nc2c(s1)CN(C(C)C)C2. The molecule has 4 nitrogen and oxygen atoms in total. The van der Waals surface area contributed by atoms with Gasteiger partial charge in [-0.15, -0.1) is 22.7 Å². The van der Waals surface area contributed by atoms with Gasteiger partial charge in [0.05, 0.1) is 21.4 Å². The van der Waals surface area contributed by atoms with E-state index in [4.69, 9.17) is 4.98 Å². The minimum Gasteiger partial charge on any atom is -0.290 e. The Balaban J connectivity index is 0.000000156. The van der Waals surface area contributed by atoms with Crippen molar-refractivity contribution in [3.63, 3.8) is 0 Å². The molecule has 0 aliphatic carbocycles. The molecule has 27 heavy (non-hydrogen) atoms. The molecule has 0 N–H and O–H groups in total. The van der Waals surface area contributed by atoms with Crippen LogP contribution in [0, 0.1) is 0 Å². The molecule has 150 valence electrons. The Morgan fingerprint density at radius 1 is 0.778 bits per heavy atom. The number of thiazole rings is 2. The van der Waals surface area contributed by atoms with Crippen LogP contribution in [0.15, 0.2) is 0 Å². The molecule has 0 aromatic carbocycles. The standard InChI is InChI=1S/C11H18N2S.C10H16N2S/c1-7(2)11-12-9-5-13(8(3)4)6-10(9)14-11;1-4-10-11-8-5-12(7(2)3)6-9(8)13-10/h7-8H,5-6H2,1-4H3;7H,4-6H2,1-3H3. The van der Waals surface area contributed by atoms with Gasteiger partial charge in [-0.05, 0) is 34.1 Å². The first kappa shape index (κ1) is 20.9. The third-order valence-electron chi connectivity index (χ3n) is 5.27. The van der Waals surface area contributed by atoms with Gasteiger partial charge in [0.15, 0.2) is 0 Å². The van der Waals surface area contributed by atoms with Gasteiger partial charge in [-0.25, -0.2) is 9.97 Å². The van der Waals surface area contributed by atoms with Crippen molar-refractivity contribution >= 4 is 22.7 Å². The largest absolute Gasteiger partial charge is 0.290 e. The number of fused-ring (bicyclic) bond motifs is 2. The highest BCUT2D eigenvalue weighted by Gasteiger charge is 2.26. The highest BCUT2D eigenvalue weighted by Crippen LogP contribution is 2.32. The minimum atomic E-state index is 0.582. The molecule has 2 aromatic rings. The number of aryl methyl sites for hydroxylation is 1. The fourth-order valence-electron chi connectivity index (χ4n) is 3.33. The predicted molar refractivity (Wildman–Crippen MR) is 116 cm³/mol. The molecule has 4 rings (SSSR count). The Labute approximate surface area is 172 Å². The molecule has 0 saturated carbocycles. The van der Waals surface area contributed by atoms with Crippen LogP contribution in [0.25, 0.3) is 0 Å². The van der Waals surface area contributed by atoms with E-state index in [1.54, 1.807) is 0 Å². The number of aromatic nitrogens is 2. The van der Waals surface area contributed by atoms with Crippen LogP contribution in [0.2, 0.25) is 0 Å². The molecule has 0 unspecified atom stereocenters. The summed E-state index contributed by atoms with van der Waals surface area (Å²) in [6, 6.07) is 1.28. The molecule has 0 fully saturated rings. The molecule has 0 spiro atoms. The Kier molecular flexibility index (Phi) is 6.72. The van der Waals surface area contributed by atoms with Crippen LogP contribution in [0.5, 0.6) is 0 Å². The van der Waals surface area contributed by atoms with E-state index in [9.17, 15) is 0 Å². The molecule has 6 heteroatoms. The fraction of sp³-hybridized carbons (Fsp3) is 0.714. The van der Waals surface area contributed by atoms with E-state index in [0.29, 0.717) is 18.0 Å². The second kappa shape index (κ2) is 8.68. The zero-order chi connectivity index (χ0) is 19.7. The summed E-state index contributed by atoms with van der Waals surface area (Å²) in [5.41, 5.74) is 2.66. The number of hydrogen-bond donors (Lipinski definition) is 0. The number of hydrogen-bond acceptors (Lipinski definition) is 6. The summed E-state index contributed by atoms with van der Waals surface area (Å²) in [6.07, 6.45) is 1.08. The maximum Gasteiger partial charge on any atom is 0.0957 e. The molecule has 2 aliphatic heterocycles. The van der Waals surface area contributed by atoms with E-state index < -0.39 is 0 Å². The van der Waals surface area contributed by atoms with Gasteiger partial charge < -0.3 is 0 Å². The maximum atomic E-state index is 4.70. The molecule has 4 heterocycles. The van der Waals surface area contributed by atoms with Crippen molar-refractivity contribution in [2.75, 3.05) is 0 Å². The van der Waals surface area contributed by atoms with Crippen molar-refractivity contribution in [1.29, 1.82) is 0 Å². The highest BCUT2D eigenvalue weighted by atomic mass is 32.1. The van der Waals surface area contributed by atoms with E-state index in [1.807, 2.05) is 22.7 Å². The lowest BCUT2D eigenvalue weighted by Gasteiger charge is -2.19. The van der Waals surface area contributed by atoms with E-state index in [0.717, 1.165) is 32.6 Å². The van der Waals surface area contributed by atoms with Crippen LogP contribution < -0.4 is 0 Å². The lowest BCUT2D eigenvalue weighted by atomic mass is 10.2. The highest BCUT2D eigenvalue weighted by molar-refractivity contribution is 7.12. The smallest absolute Gasteiger partial charge is 0.0957 e. The van der Waals surface area contributed by atoms with Gasteiger partial charge in [-0.2, -0.15) is 0 Å². The summed E-state index contributed by atoms with van der Waals surface area (Å²) in [7, 11) is 0. The van der Waals surface area contributed by atoms with E-state index in [-0.39, 0.29) is 0 Å². The van der Waals surface area contributed by atoms with Gasteiger partial charge in [-0.1, -0.05) is 20.8 Å². The normalized spacial score (nSPS) is 17.0. The molecule has 0 atom stereocenters. The third-order valence-corrected chi connectivity index (χ3v) is 7.88. The lowest BCUT2D eigenvalue weighted by Crippen LogP contribution is -2.24. The minimum absolute atomic E-state index is 0.582. The van der Waals surface area contributed by atoms with Gasteiger partial charge in [0.1, 0.15) is 0 Å². The maximum absolute atomic E-state index is 4.70. The van der Waals surface area contributed by atoms with Crippen LogP contribution in [-0.2, 0) is 32.6 Å². The summed E-state index contributed by atoms with van der Waals surface area (Å²) >= 11 is 3.79. The summed E-state index contributed by atoms with van der Waals surface area (Å²) in [5.74, 6) is 0.582. The van der Waals surface area contributed by atoms with Crippen molar-refractivity contribution in [1.82, 2.24) is 19.8 Å². The Hall–Kier alpha value is -0.820. The first-order chi connectivity index (χ1) is 12.8. The quantitative estimate of drug-likeness (QED) is 0.678. The summed E-state index contributed by atoms with van der Waals surface area (Å²) < 4.78 is 0. The summed E-state index contributed by atoms with van der Waals surface area (Å²) in [5, 5.41) is 2.60. The van der Waals surface area contributed by atoms with Crippen LogP contribution in [-0.4, -0.2) is 31.9 Å². The van der Waals surface area contributed by atoms with Crippen LogP contribution in [0.4, 0.5) is 0 Å². The first-order valence-electron chi connectivity index (χ1n) is 10.2. The van der Waals surface area contributed by atoms with Crippen LogP contribution in [0.1, 0.15) is 85.5 Å². The first-order valence-corrected chi connectivity index (χ1v) is 11.9. The van der Waals surface area contributed by atoms with Crippen molar-refractivity contribution in [3.8, 4) is 0 Å². The van der Waals surface area contributed by atoms with Crippen LogP contribution >= 0.6 is 22.7 Å². The third kappa shape index (κ3) is 4.78. The Bertz CT molecular complexity index is 713. The Morgan fingerprint density at radius 3 is 1.70 bits per heavy atom. The van der Waals surface area contributed by atoms with E-state index in [1.165, 1.54) is 31.2 Å². The topological polar surface area (TPSA) is 32.3 Å². The summed E-state index contributed by atoms with van der Waals surface area (Å²) in [4.78, 5) is 17.2. The average molecular weight is 407 g/mol. The van der Waals surface area contributed by atoms with Crippen molar-refractivity contribution < 1.29 is 0 Å². The second-order valence-corrected chi connectivity index (χ2v) is 10.7. The van der Waals surface area contributed by atoms with Gasteiger partial charge >= 0.3 is 0 Å². The van der Waals surface area contributed by atoms with Crippen molar-refractivity contribution in [2.24, 2.45) is 0 Å². The number of rotatable bonds is 4. The monoisotopic (exact) mass is 406 g/mol. The van der Waals surface area contributed by atoms with Crippen molar-refractivity contribution in [3.05, 3.63) is 31.2 Å². The van der Waals surface area contributed by atoms with E-state index in [2.05, 4.69) is 63.2 Å². The van der Waals surface area contributed by atoms with Gasteiger partial charge in [-0.3, -0.25) is 9.80 Å². The number of nitrogens with zero attached hydrogens (tertiary/aromatic N) is 4.